The number of allylic oxidation sites excluding steroid dienone is 1. The van der Waals surface area contributed by atoms with Crippen LogP contribution < -0.4 is 0 Å². The lowest BCUT2D eigenvalue weighted by Gasteiger charge is -1.97. The Kier molecular flexibility index (Phi) is 3.23. The van der Waals surface area contributed by atoms with E-state index in [-0.39, 0.29) is 11.1 Å². The number of nitriles is 2. The zero-order valence-corrected chi connectivity index (χ0v) is 7.66. The standard InChI is InChI=1S/C12H5FN2/c1-2-9-3-4-11(12(13)6-9)5-10(7-14)8-15/h1,3-6H. The molecule has 0 fully saturated rings. The van der Waals surface area contributed by atoms with Crippen molar-refractivity contribution in [2.45, 2.75) is 0 Å². The van der Waals surface area contributed by atoms with Crippen LogP contribution in [0.4, 0.5) is 4.39 Å². The number of hydrogen-bond donors (Lipinski definition) is 0. The highest BCUT2D eigenvalue weighted by atomic mass is 19.1. The lowest BCUT2D eigenvalue weighted by atomic mass is 10.1. The molecule has 0 amide bonds. The molecule has 70 valence electrons. The van der Waals surface area contributed by atoms with E-state index >= 15 is 0 Å². The van der Waals surface area contributed by atoms with Crippen LogP contribution in [0.25, 0.3) is 6.08 Å². The van der Waals surface area contributed by atoms with Gasteiger partial charge in [-0.3, -0.25) is 0 Å². The number of rotatable bonds is 1. The molecule has 0 radical (unpaired) electrons. The number of nitrogens with zero attached hydrogens (tertiary/aromatic N) is 2. The number of benzene rings is 1. The molecule has 1 aromatic carbocycles. The van der Waals surface area contributed by atoms with Crippen LogP contribution in [0.2, 0.25) is 0 Å². The van der Waals surface area contributed by atoms with E-state index in [0.717, 1.165) is 0 Å². The van der Waals surface area contributed by atoms with Gasteiger partial charge >= 0.3 is 0 Å². The SMILES string of the molecule is C#Cc1ccc(C=C(C#N)C#N)c(F)c1. The van der Waals surface area contributed by atoms with E-state index in [4.69, 9.17) is 16.9 Å². The Hall–Kier alpha value is -2.57. The van der Waals surface area contributed by atoms with Gasteiger partial charge < -0.3 is 0 Å². The summed E-state index contributed by atoms with van der Waals surface area (Å²) in [5, 5.41) is 17.0. The Bertz CT molecular complexity index is 520. The first kappa shape index (κ1) is 10.5. The molecule has 0 atom stereocenters. The quantitative estimate of drug-likeness (QED) is 0.510. The maximum absolute atomic E-state index is 13.3. The molecule has 0 aliphatic carbocycles. The molecule has 0 aromatic heterocycles. The summed E-state index contributed by atoms with van der Waals surface area (Å²) in [7, 11) is 0. The second-order valence-electron chi connectivity index (χ2n) is 2.66. The van der Waals surface area contributed by atoms with Gasteiger partial charge in [-0.2, -0.15) is 10.5 Å². The van der Waals surface area contributed by atoms with E-state index in [1.807, 2.05) is 0 Å². The third kappa shape index (κ3) is 2.44. The van der Waals surface area contributed by atoms with Gasteiger partial charge in [-0.15, -0.1) is 6.42 Å². The maximum Gasteiger partial charge on any atom is 0.131 e. The first-order chi connectivity index (χ1) is 7.21. The van der Waals surface area contributed by atoms with Crippen LogP contribution >= 0.6 is 0 Å². The first-order valence-corrected chi connectivity index (χ1v) is 3.99. The Balaban J connectivity index is 3.22. The fourth-order valence-corrected chi connectivity index (χ4v) is 0.979. The highest BCUT2D eigenvalue weighted by Crippen LogP contribution is 2.13. The van der Waals surface area contributed by atoms with Crippen LogP contribution in [0.5, 0.6) is 0 Å². The molecule has 2 nitrogen and oxygen atoms in total. The molecule has 1 rings (SSSR count). The highest BCUT2D eigenvalue weighted by Gasteiger charge is 2.01. The molecule has 3 heteroatoms. The van der Waals surface area contributed by atoms with Gasteiger partial charge in [0.1, 0.15) is 23.5 Å². The Labute approximate surface area is 86.9 Å². The van der Waals surface area contributed by atoms with Crippen LogP contribution in [0.3, 0.4) is 0 Å². The normalized spacial score (nSPS) is 8.13. The molecule has 0 heterocycles. The molecule has 0 unspecified atom stereocenters. The predicted molar refractivity (Wildman–Crippen MR) is 53.5 cm³/mol. The number of hydrogen-bond acceptors (Lipinski definition) is 2. The van der Waals surface area contributed by atoms with E-state index in [9.17, 15) is 4.39 Å². The number of terminal acetylenes is 1. The lowest BCUT2D eigenvalue weighted by molar-refractivity contribution is 0.624. The maximum atomic E-state index is 13.3. The average Bonchev–Trinajstić information content (AvgIpc) is 2.27. The largest absolute Gasteiger partial charge is 0.206 e. The summed E-state index contributed by atoms with van der Waals surface area (Å²) in [6.45, 7) is 0. The molecule has 0 spiro atoms. The molecule has 0 saturated carbocycles. The van der Waals surface area contributed by atoms with E-state index in [1.54, 1.807) is 18.2 Å². The summed E-state index contributed by atoms with van der Waals surface area (Å²) in [6, 6.07) is 7.45. The molecular formula is C12H5FN2. The lowest BCUT2D eigenvalue weighted by Crippen LogP contribution is -1.85. The summed E-state index contributed by atoms with van der Waals surface area (Å²) < 4.78 is 13.3. The molecule has 0 aliphatic rings. The van der Waals surface area contributed by atoms with Crippen molar-refractivity contribution in [2.24, 2.45) is 0 Å². The topological polar surface area (TPSA) is 47.6 Å². The number of halogens is 1. The molecule has 0 aliphatic heterocycles. The predicted octanol–water partition coefficient (Wildman–Crippen LogP) is 2.24. The van der Waals surface area contributed by atoms with Crippen LogP contribution in [-0.4, -0.2) is 0 Å². The minimum atomic E-state index is -0.548. The smallest absolute Gasteiger partial charge is 0.131 e. The summed E-state index contributed by atoms with van der Waals surface area (Å²) in [4.78, 5) is 0. The van der Waals surface area contributed by atoms with Crippen LogP contribution in [0.1, 0.15) is 11.1 Å². The van der Waals surface area contributed by atoms with Crippen LogP contribution in [0, 0.1) is 40.8 Å². The van der Waals surface area contributed by atoms with Gasteiger partial charge in [-0.05, 0) is 18.2 Å². The fourth-order valence-electron chi connectivity index (χ4n) is 0.979. The Morgan fingerprint density at radius 1 is 1.33 bits per heavy atom. The average molecular weight is 196 g/mol. The van der Waals surface area contributed by atoms with Crippen molar-refractivity contribution in [1.29, 1.82) is 10.5 Å². The minimum absolute atomic E-state index is 0.151. The van der Waals surface area contributed by atoms with E-state index in [1.165, 1.54) is 18.2 Å². The van der Waals surface area contributed by atoms with Gasteiger partial charge in [-0.1, -0.05) is 12.0 Å². The molecule has 0 saturated heterocycles. The fraction of sp³-hybridized carbons (Fsp3) is 0. The van der Waals surface area contributed by atoms with Gasteiger partial charge in [0.15, 0.2) is 0 Å². The minimum Gasteiger partial charge on any atom is -0.206 e. The van der Waals surface area contributed by atoms with Gasteiger partial charge in [0.05, 0.1) is 0 Å². The van der Waals surface area contributed by atoms with Gasteiger partial charge in [0, 0.05) is 11.1 Å². The zero-order valence-electron chi connectivity index (χ0n) is 7.66. The van der Waals surface area contributed by atoms with Crippen molar-refractivity contribution < 1.29 is 4.39 Å². The van der Waals surface area contributed by atoms with Crippen molar-refractivity contribution in [3.05, 3.63) is 40.7 Å². The summed E-state index contributed by atoms with van der Waals surface area (Å²) in [5.41, 5.74) is 0.439. The Morgan fingerprint density at radius 3 is 2.47 bits per heavy atom. The summed E-state index contributed by atoms with van der Waals surface area (Å²) in [6.07, 6.45) is 6.26. The summed E-state index contributed by atoms with van der Waals surface area (Å²) in [5.74, 6) is 1.74. The zero-order chi connectivity index (χ0) is 11.3. The summed E-state index contributed by atoms with van der Waals surface area (Å²) >= 11 is 0. The third-order valence-corrected chi connectivity index (χ3v) is 1.71. The van der Waals surface area contributed by atoms with E-state index < -0.39 is 5.82 Å². The van der Waals surface area contributed by atoms with Gasteiger partial charge in [-0.25, -0.2) is 4.39 Å². The van der Waals surface area contributed by atoms with Gasteiger partial charge in [0.25, 0.3) is 0 Å². The van der Waals surface area contributed by atoms with Gasteiger partial charge in [0.2, 0.25) is 0 Å². The molecular weight excluding hydrogens is 191 g/mol. The van der Waals surface area contributed by atoms with Crippen LogP contribution in [-0.2, 0) is 0 Å². The van der Waals surface area contributed by atoms with E-state index in [0.29, 0.717) is 5.56 Å². The third-order valence-electron chi connectivity index (χ3n) is 1.71. The second-order valence-corrected chi connectivity index (χ2v) is 2.66. The second kappa shape index (κ2) is 4.61. The van der Waals surface area contributed by atoms with E-state index in [2.05, 4.69) is 5.92 Å². The van der Waals surface area contributed by atoms with Crippen molar-refractivity contribution in [3.8, 4) is 24.5 Å². The molecule has 1 aromatic rings. The monoisotopic (exact) mass is 196 g/mol. The highest BCUT2D eigenvalue weighted by molar-refractivity contribution is 5.62. The van der Waals surface area contributed by atoms with Crippen molar-refractivity contribution in [1.82, 2.24) is 0 Å². The Morgan fingerprint density at radius 2 is 2.00 bits per heavy atom. The van der Waals surface area contributed by atoms with Crippen molar-refractivity contribution in [3.63, 3.8) is 0 Å². The molecule has 15 heavy (non-hydrogen) atoms. The molecule has 0 bridgehead atoms. The van der Waals surface area contributed by atoms with Crippen LogP contribution in [0.15, 0.2) is 23.8 Å². The van der Waals surface area contributed by atoms with Crippen molar-refractivity contribution >= 4 is 6.08 Å². The first-order valence-electron chi connectivity index (χ1n) is 3.99. The van der Waals surface area contributed by atoms with Crippen molar-refractivity contribution in [2.75, 3.05) is 0 Å². The molecule has 0 N–H and O–H groups in total.